The molecule has 0 spiro atoms. The van der Waals surface area contributed by atoms with Crippen molar-refractivity contribution in [3.63, 3.8) is 0 Å². The van der Waals surface area contributed by atoms with Gasteiger partial charge in [0.25, 0.3) is 5.56 Å². The van der Waals surface area contributed by atoms with E-state index in [9.17, 15) is 4.79 Å². The van der Waals surface area contributed by atoms with Gasteiger partial charge in [0, 0.05) is 6.61 Å². The number of ether oxygens (including phenoxy) is 2. The van der Waals surface area contributed by atoms with Crippen molar-refractivity contribution >= 4 is 11.2 Å². The zero-order valence-electron chi connectivity index (χ0n) is 13.0. The molecule has 3 aromatic rings. The molecule has 1 saturated heterocycles. The molecular weight excluding hydrogens is 310 g/mol. The number of hydrogen-bond acceptors (Lipinski definition) is 6. The molecule has 0 aliphatic carbocycles. The topological polar surface area (TPSA) is 84.1 Å². The minimum Gasteiger partial charge on any atom is -0.379 e. The zero-order valence-corrected chi connectivity index (χ0v) is 13.0. The summed E-state index contributed by atoms with van der Waals surface area (Å²) in [5.74, 6) is 0. The molecule has 0 saturated carbocycles. The predicted octanol–water partition coefficient (Wildman–Crippen LogP) is 0.783. The zero-order chi connectivity index (χ0) is 16.4. The molecule has 24 heavy (non-hydrogen) atoms. The maximum Gasteiger partial charge on any atom is 0.283 e. The van der Waals surface area contributed by atoms with Crippen LogP contribution in [0.25, 0.3) is 16.9 Å². The third-order valence-electron chi connectivity index (χ3n) is 4.00. The summed E-state index contributed by atoms with van der Waals surface area (Å²) in [7, 11) is 0. The Morgan fingerprint density at radius 3 is 2.96 bits per heavy atom. The van der Waals surface area contributed by atoms with Gasteiger partial charge in [-0.3, -0.25) is 9.36 Å². The second kappa shape index (κ2) is 6.50. The largest absolute Gasteiger partial charge is 0.379 e. The van der Waals surface area contributed by atoms with E-state index >= 15 is 0 Å². The standard InChI is InChI=1S/C16H17N5O3/c22-16-14-15(21(19-18-14)12-4-2-1-3-5-12)17-11-20(16)7-9-24-13-6-8-23-10-13/h1-5,11,13H,6-10H2. The SMILES string of the molecule is O=c1c2nnn(-c3ccccc3)c2ncn1CCOC1CCOC1. The van der Waals surface area contributed by atoms with E-state index in [1.165, 1.54) is 10.9 Å². The molecule has 1 fully saturated rings. The molecule has 4 rings (SSSR count). The van der Waals surface area contributed by atoms with Gasteiger partial charge in [-0.15, -0.1) is 5.10 Å². The number of hydrogen-bond donors (Lipinski definition) is 0. The molecule has 8 heteroatoms. The Morgan fingerprint density at radius 2 is 2.17 bits per heavy atom. The van der Waals surface area contributed by atoms with Crippen molar-refractivity contribution in [2.45, 2.75) is 19.1 Å². The van der Waals surface area contributed by atoms with Gasteiger partial charge in [-0.05, 0) is 18.6 Å². The van der Waals surface area contributed by atoms with Crippen LogP contribution in [0, 0.1) is 0 Å². The summed E-state index contributed by atoms with van der Waals surface area (Å²) in [6, 6.07) is 9.48. The Bertz CT molecular complexity index is 884. The molecule has 1 aliphatic heterocycles. The summed E-state index contributed by atoms with van der Waals surface area (Å²) in [6.07, 6.45) is 2.54. The van der Waals surface area contributed by atoms with Crippen molar-refractivity contribution in [3.8, 4) is 5.69 Å². The highest BCUT2D eigenvalue weighted by atomic mass is 16.5. The Hall–Kier alpha value is -2.58. The van der Waals surface area contributed by atoms with Crippen LogP contribution in [0.15, 0.2) is 41.5 Å². The molecule has 0 radical (unpaired) electrons. The van der Waals surface area contributed by atoms with Crippen LogP contribution in [0.2, 0.25) is 0 Å². The van der Waals surface area contributed by atoms with Crippen LogP contribution < -0.4 is 5.56 Å². The summed E-state index contributed by atoms with van der Waals surface area (Å²) in [5.41, 5.74) is 1.31. The first-order valence-electron chi connectivity index (χ1n) is 7.88. The molecule has 0 N–H and O–H groups in total. The van der Waals surface area contributed by atoms with Crippen molar-refractivity contribution in [1.82, 2.24) is 24.5 Å². The van der Waals surface area contributed by atoms with Crippen LogP contribution in [-0.4, -0.2) is 50.5 Å². The first-order chi connectivity index (χ1) is 11.8. The second-order valence-electron chi connectivity index (χ2n) is 5.61. The van der Waals surface area contributed by atoms with Gasteiger partial charge in [0.05, 0.1) is 31.5 Å². The molecule has 3 heterocycles. The summed E-state index contributed by atoms with van der Waals surface area (Å²) in [4.78, 5) is 16.9. The molecule has 1 aliphatic rings. The van der Waals surface area contributed by atoms with E-state index in [1.54, 1.807) is 4.68 Å². The van der Waals surface area contributed by atoms with Crippen LogP contribution in [0.4, 0.5) is 0 Å². The third kappa shape index (κ3) is 2.81. The lowest BCUT2D eigenvalue weighted by molar-refractivity contribution is 0.0380. The lowest BCUT2D eigenvalue weighted by atomic mass is 10.3. The number of fused-ring (bicyclic) bond motifs is 1. The fourth-order valence-corrected chi connectivity index (χ4v) is 2.71. The van der Waals surface area contributed by atoms with Gasteiger partial charge in [0.2, 0.25) is 0 Å². The molecule has 8 nitrogen and oxygen atoms in total. The average molecular weight is 327 g/mol. The number of para-hydroxylation sites is 1. The first kappa shape index (κ1) is 15.0. The van der Waals surface area contributed by atoms with E-state index in [0.29, 0.717) is 25.4 Å². The highest BCUT2D eigenvalue weighted by Crippen LogP contribution is 2.11. The predicted molar refractivity (Wildman–Crippen MR) is 86.1 cm³/mol. The van der Waals surface area contributed by atoms with E-state index in [2.05, 4.69) is 15.3 Å². The Labute approximate surface area is 137 Å². The summed E-state index contributed by atoms with van der Waals surface area (Å²) >= 11 is 0. The number of rotatable bonds is 5. The van der Waals surface area contributed by atoms with Gasteiger partial charge in [-0.2, -0.15) is 4.68 Å². The van der Waals surface area contributed by atoms with E-state index < -0.39 is 0 Å². The first-order valence-corrected chi connectivity index (χ1v) is 7.88. The molecule has 1 aromatic carbocycles. The molecule has 124 valence electrons. The van der Waals surface area contributed by atoms with E-state index in [1.807, 2.05) is 30.3 Å². The van der Waals surface area contributed by atoms with Crippen molar-refractivity contribution in [1.29, 1.82) is 0 Å². The summed E-state index contributed by atoms with van der Waals surface area (Å²) in [5, 5.41) is 8.05. The highest BCUT2D eigenvalue weighted by molar-refractivity contribution is 5.70. The van der Waals surface area contributed by atoms with Gasteiger partial charge in [-0.1, -0.05) is 23.4 Å². The van der Waals surface area contributed by atoms with Gasteiger partial charge in [0.1, 0.15) is 6.33 Å². The van der Waals surface area contributed by atoms with E-state index in [-0.39, 0.29) is 17.2 Å². The lowest BCUT2D eigenvalue weighted by Crippen LogP contribution is -2.25. The van der Waals surface area contributed by atoms with Gasteiger partial charge in [-0.25, -0.2) is 4.98 Å². The minimum atomic E-state index is -0.214. The molecule has 1 atom stereocenters. The Balaban J connectivity index is 1.56. The van der Waals surface area contributed by atoms with Crippen LogP contribution in [0.1, 0.15) is 6.42 Å². The number of nitrogens with zero attached hydrogens (tertiary/aromatic N) is 5. The summed E-state index contributed by atoms with van der Waals surface area (Å²) in [6.45, 7) is 2.22. The smallest absolute Gasteiger partial charge is 0.283 e. The number of benzene rings is 1. The van der Waals surface area contributed by atoms with E-state index in [4.69, 9.17) is 9.47 Å². The van der Waals surface area contributed by atoms with Crippen LogP contribution in [-0.2, 0) is 16.0 Å². The molecule has 1 unspecified atom stereocenters. The number of aromatic nitrogens is 5. The van der Waals surface area contributed by atoms with Gasteiger partial charge < -0.3 is 9.47 Å². The molecular formula is C16H17N5O3. The van der Waals surface area contributed by atoms with Crippen molar-refractivity contribution in [2.75, 3.05) is 19.8 Å². The fourth-order valence-electron chi connectivity index (χ4n) is 2.71. The fraction of sp³-hybridized carbons (Fsp3) is 0.375. The normalized spacial score (nSPS) is 17.6. The molecule has 0 amide bonds. The maximum absolute atomic E-state index is 12.5. The summed E-state index contributed by atoms with van der Waals surface area (Å²) < 4.78 is 14.0. The maximum atomic E-state index is 12.5. The van der Waals surface area contributed by atoms with Gasteiger partial charge in [0.15, 0.2) is 11.2 Å². The molecule has 0 bridgehead atoms. The third-order valence-corrected chi connectivity index (χ3v) is 4.00. The highest BCUT2D eigenvalue weighted by Gasteiger charge is 2.16. The average Bonchev–Trinajstić information content (AvgIpc) is 3.27. The van der Waals surface area contributed by atoms with E-state index in [0.717, 1.165) is 18.7 Å². The van der Waals surface area contributed by atoms with Gasteiger partial charge >= 0.3 is 0 Å². The monoisotopic (exact) mass is 327 g/mol. The molecule has 2 aromatic heterocycles. The van der Waals surface area contributed by atoms with Crippen LogP contribution in [0.5, 0.6) is 0 Å². The lowest BCUT2D eigenvalue weighted by Gasteiger charge is -2.10. The van der Waals surface area contributed by atoms with Crippen molar-refractivity contribution < 1.29 is 9.47 Å². The van der Waals surface area contributed by atoms with Crippen molar-refractivity contribution in [2.24, 2.45) is 0 Å². The Morgan fingerprint density at radius 1 is 1.29 bits per heavy atom. The van der Waals surface area contributed by atoms with Crippen LogP contribution >= 0.6 is 0 Å². The Kier molecular flexibility index (Phi) is 4.06. The minimum absolute atomic E-state index is 0.122. The van der Waals surface area contributed by atoms with Crippen LogP contribution in [0.3, 0.4) is 0 Å². The second-order valence-corrected chi connectivity index (χ2v) is 5.61. The quantitative estimate of drug-likeness (QED) is 0.689. The van der Waals surface area contributed by atoms with Crippen molar-refractivity contribution in [3.05, 3.63) is 47.0 Å².